The molecule has 0 radical (unpaired) electrons. The number of nitrogens with one attached hydrogen (secondary N) is 2. The summed E-state index contributed by atoms with van der Waals surface area (Å²) in [5.41, 5.74) is -0.831. The first-order valence-corrected chi connectivity index (χ1v) is 10.6. The van der Waals surface area contributed by atoms with Crippen LogP contribution in [-0.2, 0) is 16.0 Å². The van der Waals surface area contributed by atoms with Crippen LogP contribution in [0.4, 0.5) is 13.2 Å². The Balaban J connectivity index is 1.87. The first-order valence-electron chi connectivity index (χ1n) is 8.82. The summed E-state index contributed by atoms with van der Waals surface area (Å²) in [6.07, 6.45) is -5.03. The predicted molar refractivity (Wildman–Crippen MR) is 99.1 cm³/mol. The smallest absolute Gasteiger partial charge is 0.416 e. The van der Waals surface area contributed by atoms with Gasteiger partial charge in [0.1, 0.15) is 18.5 Å². The Hall–Kier alpha value is -2.01. The minimum Gasteiger partial charge on any atom is -0.491 e. The number of aliphatic imine (C=N–C) groups is 1. The highest BCUT2D eigenvalue weighted by molar-refractivity contribution is 7.91. The second-order valence-electron chi connectivity index (χ2n) is 6.45. The zero-order chi connectivity index (χ0) is 20.8. The quantitative estimate of drug-likeness (QED) is 0.450. The van der Waals surface area contributed by atoms with Crippen molar-refractivity contribution in [3.05, 3.63) is 29.8 Å². The predicted octanol–water partition coefficient (Wildman–Crippen LogP) is 1.19. The zero-order valence-corrected chi connectivity index (χ0v) is 16.2. The molecular formula is C17H24F3N3O4S. The lowest BCUT2D eigenvalue weighted by Crippen LogP contribution is -2.44. The van der Waals surface area contributed by atoms with E-state index in [0.717, 1.165) is 12.1 Å². The molecule has 0 aromatic heterocycles. The molecule has 1 heterocycles. The van der Waals surface area contributed by atoms with Gasteiger partial charge < -0.3 is 20.5 Å². The third kappa shape index (κ3) is 7.19. The van der Waals surface area contributed by atoms with E-state index in [1.54, 1.807) is 0 Å². The molecule has 1 aliphatic rings. The number of alkyl halides is 3. The third-order valence-corrected chi connectivity index (χ3v) is 5.75. The number of halogens is 3. The molecular weight excluding hydrogens is 399 g/mol. The minimum absolute atomic E-state index is 0.000881. The largest absolute Gasteiger partial charge is 0.491 e. The minimum atomic E-state index is -4.47. The Morgan fingerprint density at radius 2 is 2.18 bits per heavy atom. The fourth-order valence-electron chi connectivity index (χ4n) is 2.63. The molecule has 1 aliphatic heterocycles. The van der Waals surface area contributed by atoms with Crippen LogP contribution < -0.4 is 15.4 Å². The maximum atomic E-state index is 12.7. The van der Waals surface area contributed by atoms with Gasteiger partial charge in [-0.05, 0) is 31.5 Å². The molecule has 0 saturated carbocycles. The highest BCUT2D eigenvalue weighted by atomic mass is 32.2. The number of sulfone groups is 1. The van der Waals surface area contributed by atoms with Crippen LogP contribution in [0.2, 0.25) is 0 Å². The van der Waals surface area contributed by atoms with Gasteiger partial charge in [0, 0.05) is 12.6 Å². The van der Waals surface area contributed by atoms with Crippen LogP contribution in [0, 0.1) is 0 Å². The SMILES string of the molecule is CCNC(=NCC(O)COc1cccc(C(F)(F)F)c1)NC1CCS(=O)(=O)C1. The summed E-state index contributed by atoms with van der Waals surface area (Å²) in [7, 11) is -3.04. The fraction of sp³-hybridized carbons (Fsp3) is 0.588. The van der Waals surface area contributed by atoms with Crippen molar-refractivity contribution in [1.82, 2.24) is 10.6 Å². The molecule has 7 nitrogen and oxygen atoms in total. The maximum absolute atomic E-state index is 12.7. The van der Waals surface area contributed by atoms with Crippen molar-refractivity contribution in [2.45, 2.75) is 31.7 Å². The topological polar surface area (TPSA) is 100 Å². The van der Waals surface area contributed by atoms with Crippen molar-refractivity contribution < 1.29 is 31.4 Å². The van der Waals surface area contributed by atoms with Gasteiger partial charge in [0.25, 0.3) is 0 Å². The summed E-state index contributed by atoms with van der Waals surface area (Å²) >= 11 is 0. The molecule has 0 amide bonds. The van der Waals surface area contributed by atoms with E-state index in [4.69, 9.17) is 4.74 Å². The second-order valence-corrected chi connectivity index (χ2v) is 8.68. The molecule has 158 valence electrons. The number of aliphatic hydroxyl groups is 1. The van der Waals surface area contributed by atoms with Crippen LogP contribution in [0.15, 0.2) is 29.3 Å². The van der Waals surface area contributed by atoms with Crippen molar-refractivity contribution in [2.75, 3.05) is 31.2 Å². The highest BCUT2D eigenvalue weighted by Crippen LogP contribution is 2.31. The van der Waals surface area contributed by atoms with E-state index in [1.165, 1.54) is 12.1 Å². The second kappa shape index (κ2) is 9.46. The van der Waals surface area contributed by atoms with Crippen LogP contribution in [0.5, 0.6) is 5.75 Å². The number of hydrogen-bond donors (Lipinski definition) is 3. The van der Waals surface area contributed by atoms with E-state index < -0.39 is 27.7 Å². The van der Waals surface area contributed by atoms with Crippen molar-refractivity contribution in [2.24, 2.45) is 4.99 Å². The Bertz CT molecular complexity index is 784. The van der Waals surface area contributed by atoms with Gasteiger partial charge in [0.05, 0.1) is 23.6 Å². The fourth-order valence-corrected chi connectivity index (χ4v) is 4.30. The van der Waals surface area contributed by atoms with Crippen LogP contribution in [0.3, 0.4) is 0 Å². The van der Waals surface area contributed by atoms with Crippen LogP contribution in [-0.4, -0.2) is 62.8 Å². The Morgan fingerprint density at radius 1 is 1.43 bits per heavy atom. The van der Waals surface area contributed by atoms with Gasteiger partial charge in [-0.25, -0.2) is 8.42 Å². The van der Waals surface area contributed by atoms with E-state index in [-0.39, 0.29) is 36.4 Å². The molecule has 11 heteroatoms. The molecule has 28 heavy (non-hydrogen) atoms. The van der Waals surface area contributed by atoms with Gasteiger partial charge in [-0.1, -0.05) is 6.07 Å². The molecule has 1 aromatic carbocycles. The molecule has 2 unspecified atom stereocenters. The molecule has 1 fully saturated rings. The summed E-state index contributed by atoms with van der Waals surface area (Å²) in [5, 5.41) is 16.0. The van der Waals surface area contributed by atoms with E-state index in [1.807, 2.05) is 6.92 Å². The first kappa shape index (κ1) is 22.3. The lowest BCUT2D eigenvalue weighted by atomic mass is 10.2. The summed E-state index contributed by atoms with van der Waals surface area (Å²) in [6, 6.07) is 4.15. The Labute approximate surface area is 161 Å². The van der Waals surface area contributed by atoms with Gasteiger partial charge in [-0.15, -0.1) is 0 Å². The number of benzene rings is 1. The third-order valence-electron chi connectivity index (χ3n) is 3.98. The van der Waals surface area contributed by atoms with Crippen molar-refractivity contribution in [3.63, 3.8) is 0 Å². The molecule has 3 N–H and O–H groups in total. The van der Waals surface area contributed by atoms with E-state index in [2.05, 4.69) is 15.6 Å². The summed E-state index contributed by atoms with van der Waals surface area (Å²) < 4.78 is 66.3. The zero-order valence-electron chi connectivity index (χ0n) is 15.4. The highest BCUT2D eigenvalue weighted by Gasteiger charge is 2.30. The van der Waals surface area contributed by atoms with Gasteiger partial charge >= 0.3 is 6.18 Å². The van der Waals surface area contributed by atoms with Crippen molar-refractivity contribution >= 4 is 15.8 Å². The normalized spacial score (nSPS) is 20.6. The standard InChI is InChI=1S/C17H24F3N3O4S/c1-2-21-16(23-13-6-7-28(25,26)11-13)22-9-14(24)10-27-15-5-3-4-12(8-15)17(18,19)20/h3-5,8,13-14,24H,2,6-7,9-11H2,1H3,(H2,21,22,23). The Morgan fingerprint density at radius 3 is 2.79 bits per heavy atom. The molecule has 1 saturated heterocycles. The lowest BCUT2D eigenvalue weighted by molar-refractivity contribution is -0.137. The van der Waals surface area contributed by atoms with Crippen molar-refractivity contribution in [1.29, 1.82) is 0 Å². The maximum Gasteiger partial charge on any atom is 0.416 e. The number of rotatable bonds is 7. The molecule has 0 aliphatic carbocycles. The van der Waals surface area contributed by atoms with E-state index in [9.17, 15) is 26.7 Å². The van der Waals surface area contributed by atoms with Gasteiger partial charge in [-0.2, -0.15) is 13.2 Å². The number of hydrogen-bond acceptors (Lipinski definition) is 5. The molecule has 1 aromatic rings. The lowest BCUT2D eigenvalue weighted by Gasteiger charge is -2.17. The molecule has 0 bridgehead atoms. The summed E-state index contributed by atoms with van der Waals surface area (Å²) in [6.45, 7) is 2.09. The summed E-state index contributed by atoms with van der Waals surface area (Å²) in [4.78, 5) is 4.18. The first-order chi connectivity index (χ1) is 13.1. The van der Waals surface area contributed by atoms with Gasteiger partial charge in [0.15, 0.2) is 15.8 Å². The van der Waals surface area contributed by atoms with Gasteiger partial charge in [-0.3, -0.25) is 4.99 Å². The molecule has 0 spiro atoms. The monoisotopic (exact) mass is 423 g/mol. The van der Waals surface area contributed by atoms with Crippen LogP contribution >= 0.6 is 0 Å². The number of aliphatic hydroxyl groups excluding tert-OH is 1. The number of nitrogens with zero attached hydrogens (tertiary/aromatic N) is 1. The summed E-state index contributed by atoms with van der Waals surface area (Å²) in [5.74, 6) is 0.512. The van der Waals surface area contributed by atoms with Crippen molar-refractivity contribution in [3.8, 4) is 5.75 Å². The van der Waals surface area contributed by atoms with Crippen LogP contribution in [0.25, 0.3) is 0 Å². The van der Waals surface area contributed by atoms with Crippen LogP contribution in [0.1, 0.15) is 18.9 Å². The van der Waals surface area contributed by atoms with E-state index in [0.29, 0.717) is 18.9 Å². The molecule has 2 rings (SSSR count). The van der Waals surface area contributed by atoms with E-state index >= 15 is 0 Å². The number of ether oxygens (including phenoxy) is 1. The average Bonchev–Trinajstić information content (AvgIpc) is 2.96. The average molecular weight is 423 g/mol. The number of guanidine groups is 1. The molecule has 2 atom stereocenters. The van der Waals surface area contributed by atoms with Gasteiger partial charge in [0.2, 0.25) is 0 Å². The Kier molecular flexibility index (Phi) is 7.53.